The zero-order valence-electron chi connectivity index (χ0n) is 13.1. The summed E-state index contributed by atoms with van der Waals surface area (Å²) in [6, 6.07) is 19.7. The zero-order valence-corrected chi connectivity index (χ0v) is 13.1. The third-order valence-corrected chi connectivity index (χ3v) is 3.51. The van der Waals surface area contributed by atoms with Gasteiger partial charge >= 0.3 is 5.97 Å². The second-order valence-corrected chi connectivity index (χ2v) is 5.63. The van der Waals surface area contributed by atoms with E-state index in [1.807, 2.05) is 86.7 Å². The van der Waals surface area contributed by atoms with Crippen LogP contribution in [0.25, 0.3) is 6.08 Å². The predicted molar refractivity (Wildman–Crippen MR) is 90.0 cm³/mol. The van der Waals surface area contributed by atoms with Gasteiger partial charge in [-0.25, -0.2) is 0 Å². The van der Waals surface area contributed by atoms with Gasteiger partial charge in [0.2, 0.25) is 0 Å². The highest BCUT2D eigenvalue weighted by Gasteiger charge is 2.20. The largest absolute Gasteiger partial charge is 0.460 e. The van der Waals surface area contributed by atoms with E-state index in [0.29, 0.717) is 6.61 Å². The molecule has 1 atom stereocenters. The summed E-state index contributed by atoms with van der Waals surface area (Å²) in [7, 11) is 0. The van der Waals surface area contributed by atoms with E-state index >= 15 is 0 Å². The van der Waals surface area contributed by atoms with Gasteiger partial charge in [0.25, 0.3) is 0 Å². The molecule has 0 bridgehead atoms. The molecular weight excluding hydrogens is 272 g/mol. The molecule has 0 aliphatic rings. The first-order valence-corrected chi connectivity index (χ1v) is 7.60. The van der Waals surface area contributed by atoms with Gasteiger partial charge in [-0.3, -0.25) is 4.79 Å². The lowest BCUT2D eigenvalue weighted by molar-refractivity contribution is -0.149. The number of carbonyl (C=O) groups is 1. The van der Waals surface area contributed by atoms with Crippen molar-refractivity contribution in [2.45, 2.75) is 20.5 Å². The molecule has 2 rings (SSSR count). The third-order valence-electron chi connectivity index (χ3n) is 3.51. The van der Waals surface area contributed by atoms with E-state index in [1.165, 1.54) is 0 Å². The second-order valence-electron chi connectivity index (χ2n) is 5.63. The molecular formula is C20H22O2. The fourth-order valence-corrected chi connectivity index (χ4v) is 2.18. The van der Waals surface area contributed by atoms with Crippen LogP contribution in [0.1, 0.15) is 25.0 Å². The Morgan fingerprint density at radius 1 is 1.00 bits per heavy atom. The molecule has 2 aromatic carbocycles. The van der Waals surface area contributed by atoms with Gasteiger partial charge in [0.05, 0.1) is 5.92 Å². The van der Waals surface area contributed by atoms with Crippen LogP contribution in [0.5, 0.6) is 0 Å². The lowest BCUT2D eigenvalue weighted by Crippen LogP contribution is -2.20. The first-order valence-electron chi connectivity index (χ1n) is 7.60. The van der Waals surface area contributed by atoms with E-state index in [-0.39, 0.29) is 17.8 Å². The van der Waals surface area contributed by atoms with E-state index in [1.54, 1.807) is 0 Å². The highest BCUT2D eigenvalue weighted by atomic mass is 16.5. The van der Waals surface area contributed by atoms with Gasteiger partial charge in [-0.1, -0.05) is 86.7 Å². The van der Waals surface area contributed by atoms with Gasteiger partial charge in [-0.15, -0.1) is 0 Å². The van der Waals surface area contributed by atoms with Gasteiger partial charge in [-0.05, 0) is 17.0 Å². The second kappa shape index (κ2) is 8.18. The Morgan fingerprint density at radius 3 is 2.18 bits per heavy atom. The number of rotatable bonds is 6. The van der Waals surface area contributed by atoms with E-state index in [0.717, 1.165) is 11.1 Å². The molecule has 0 amide bonds. The van der Waals surface area contributed by atoms with Crippen LogP contribution in [-0.4, -0.2) is 5.97 Å². The van der Waals surface area contributed by atoms with Crippen LogP contribution >= 0.6 is 0 Å². The Morgan fingerprint density at radius 2 is 1.59 bits per heavy atom. The number of ether oxygens (including phenoxy) is 1. The molecule has 22 heavy (non-hydrogen) atoms. The summed E-state index contributed by atoms with van der Waals surface area (Å²) >= 11 is 0. The van der Waals surface area contributed by atoms with Gasteiger partial charge in [0.1, 0.15) is 6.61 Å². The molecule has 0 saturated heterocycles. The Kier molecular flexibility index (Phi) is 5.96. The molecule has 114 valence electrons. The Labute approximate surface area is 132 Å². The van der Waals surface area contributed by atoms with Crippen molar-refractivity contribution in [2.24, 2.45) is 11.8 Å². The van der Waals surface area contributed by atoms with E-state index in [2.05, 4.69) is 0 Å². The summed E-state index contributed by atoms with van der Waals surface area (Å²) in [4.78, 5) is 12.3. The summed E-state index contributed by atoms with van der Waals surface area (Å²) in [5.74, 6) is -0.210. The number of carbonyl (C=O) groups excluding carboxylic acids is 1. The minimum atomic E-state index is -0.232. The molecule has 2 heteroatoms. The summed E-state index contributed by atoms with van der Waals surface area (Å²) in [6.07, 6.45) is 3.92. The smallest absolute Gasteiger partial charge is 0.313 e. The number of hydrogen-bond acceptors (Lipinski definition) is 2. The number of hydrogen-bond donors (Lipinski definition) is 0. The standard InChI is InChI=1S/C20H22O2/c1-16(2)19(14-13-17-9-5-3-6-10-17)20(21)22-15-18-11-7-4-8-12-18/h3-14,16,19H,15H2,1-2H3. The lowest BCUT2D eigenvalue weighted by atomic mass is 9.95. The fourth-order valence-electron chi connectivity index (χ4n) is 2.18. The summed E-state index contributed by atoms with van der Waals surface area (Å²) in [5, 5.41) is 0. The van der Waals surface area contributed by atoms with Crippen molar-refractivity contribution in [3.63, 3.8) is 0 Å². The lowest BCUT2D eigenvalue weighted by Gasteiger charge is -2.16. The van der Waals surface area contributed by atoms with Gasteiger partial charge in [0.15, 0.2) is 0 Å². The molecule has 0 aromatic heterocycles. The molecule has 1 unspecified atom stereocenters. The minimum Gasteiger partial charge on any atom is -0.460 e. The Balaban J connectivity index is 1.98. The van der Waals surface area contributed by atoms with Crippen molar-refractivity contribution in [2.75, 3.05) is 0 Å². The van der Waals surface area contributed by atoms with Gasteiger partial charge in [0, 0.05) is 0 Å². The van der Waals surface area contributed by atoms with Crippen LogP contribution in [-0.2, 0) is 16.1 Å². The first-order chi connectivity index (χ1) is 10.7. The van der Waals surface area contributed by atoms with Crippen LogP contribution in [0.3, 0.4) is 0 Å². The third kappa shape index (κ3) is 4.88. The number of benzene rings is 2. The minimum absolute atomic E-state index is 0.175. The average Bonchev–Trinajstić information content (AvgIpc) is 2.55. The highest BCUT2D eigenvalue weighted by Crippen LogP contribution is 2.17. The van der Waals surface area contributed by atoms with Crippen LogP contribution < -0.4 is 0 Å². The molecule has 0 N–H and O–H groups in total. The van der Waals surface area contributed by atoms with E-state index in [9.17, 15) is 4.79 Å². The highest BCUT2D eigenvalue weighted by molar-refractivity contribution is 5.76. The summed E-state index contributed by atoms with van der Waals surface area (Å²) in [6.45, 7) is 4.38. The molecule has 2 nitrogen and oxygen atoms in total. The van der Waals surface area contributed by atoms with Crippen LogP contribution in [0, 0.1) is 11.8 Å². The van der Waals surface area contributed by atoms with Crippen molar-refractivity contribution in [1.82, 2.24) is 0 Å². The summed E-state index contributed by atoms with van der Waals surface area (Å²) in [5.41, 5.74) is 2.09. The maximum absolute atomic E-state index is 12.3. The number of esters is 1. The van der Waals surface area contributed by atoms with Crippen LogP contribution in [0.4, 0.5) is 0 Å². The molecule has 0 heterocycles. The zero-order chi connectivity index (χ0) is 15.8. The first kappa shape index (κ1) is 16.0. The SMILES string of the molecule is CC(C)C(C=Cc1ccccc1)C(=O)OCc1ccccc1. The predicted octanol–water partition coefficient (Wildman–Crippen LogP) is 4.72. The Hall–Kier alpha value is -2.35. The molecule has 2 aromatic rings. The maximum Gasteiger partial charge on any atom is 0.313 e. The van der Waals surface area contributed by atoms with Crippen molar-refractivity contribution < 1.29 is 9.53 Å². The fraction of sp³-hybridized carbons (Fsp3) is 0.250. The molecule has 0 fully saturated rings. The average molecular weight is 294 g/mol. The van der Waals surface area contributed by atoms with Crippen molar-refractivity contribution in [1.29, 1.82) is 0 Å². The molecule has 0 spiro atoms. The Bertz CT molecular complexity index is 600. The van der Waals surface area contributed by atoms with E-state index in [4.69, 9.17) is 4.74 Å². The van der Waals surface area contributed by atoms with E-state index < -0.39 is 0 Å². The summed E-state index contributed by atoms with van der Waals surface area (Å²) < 4.78 is 5.45. The van der Waals surface area contributed by atoms with Crippen LogP contribution in [0.2, 0.25) is 0 Å². The molecule has 0 aliphatic carbocycles. The van der Waals surface area contributed by atoms with Gasteiger partial charge < -0.3 is 4.74 Å². The quantitative estimate of drug-likeness (QED) is 0.721. The van der Waals surface area contributed by atoms with Crippen molar-refractivity contribution >= 4 is 12.0 Å². The topological polar surface area (TPSA) is 26.3 Å². The van der Waals surface area contributed by atoms with Crippen LogP contribution in [0.15, 0.2) is 66.7 Å². The molecule has 0 aliphatic heterocycles. The monoisotopic (exact) mass is 294 g/mol. The normalized spacial score (nSPS) is 12.5. The van der Waals surface area contributed by atoms with Crippen molar-refractivity contribution in [3.05, 3.63) is 77.9 Å². The van der Waals surface area contributed by atoms with Crippen molar-refractivity contribution in [3.8, 4) is 0 Å². The molecule has 0 saturated carbocycles. The maximum atomic E-state index is 12.3. The van der Waals surface area contributed by atoms with Gasteiger partial charge in [-0.2, -0.15) is 0 Å². The molecule has 0 radical (unpaired) electrons.